The molecule has 3 heteroatoms. The number of hydrogen-bond donors (Lipinski definition) is 1. The highest BCUT2D eigenvalue weighted by Crippen LogP contribution is 2.40. The smallest absolute Gasteiger partial charge is 0.0467 e. The molecule has 1 heterocycles. The maximum atomic E-state index is 6.09. The minimum atomic E-state index is 0.243. The Balaban J connectivity index is 1.95. The summed E-state index contributed by atoms with van der Waals surface area (Å²) in [7, 11) is 2.28. The molecule has 2 N–H and O–H groups in total. The average Bonchev–Trinajstić information content (AvgIpc) is 2.84. The van der Waals surface area contributed by atoms with Crippen LogP contribution < -0.4 is 5.73 Å². The molecular weight excluding hydrogens is 210 g/mol. The van der Waals surface area contributed by atoms with Gasteiger partial charge in [-0.15, -0.1) is 0 Å². The SMILES string of the molecule is CC1CC1CN(C)C1(CN)CCN(C(C)C)C1. The van der Waals surface area contributed by atoms with Crippen LogP contribution in [0.25, 0.3) is 0 Å². The number of likely N-dealkylation sites (tertiary alicyclic amines) is 1. The molecule has 0 aromatic carbocycles. The maximum Gasteiger partial charge on any atom is 0.0467 e. The van der Waals surface area contributed by atoms with E-state index in [1.54, 1.807) is 0 Å². The molecule has 1 saturated heterocycles. The van der Waals surface area contributed by atoms with E-state index in [4.69, 9.17) is 5.73 Å². The molecule has 2 fully saturated rings. The lowest BCUT2D eigenvalue weighted by atomic mass is 9.96. The van der Waals surface area contributed by atoms with Crippen molar-refractivity contribution < 1.29 is 0 Å². The molecule has 0 spiro atoms. The zero-order valence-corrected chi connectivity index (χ0v) is 11.9. The highest BCUT2D eigenvalue weighted by atomic mass is 15.3. The van der Waals surface area contributed by atoms with Crippen molar-refractivity contribution in [3.63, 3.8) is 0 Å². The Morgan fingerprint density at radius 2 is 2.12 bits per heavy atom. The lowest BCUT2D eigenvalue weighted by Crippen LogP contribution is -2.55. The maximum absolute atomic E-state index is 6.09. The van der Waals surface area contributed by atoms with E-state index in [-0.39, 0.29) is 5.54 Å². The van der Waals surface area contributed by atoms with E-state index >= 15 is 0 Å². The second kappa shape index (κ2) is 4.87. The third-order valence-electron chi connectivity index (χ3n) is 5.07. The lowest BCUT2D eigenvalue weighted by Gasteiger charge is -2.38. The Labute approximate surface area is 106 Å². The fraction of sp³-hybridized carbons (Fsp3) is 1.00. The van der Waals surface area contributed by atoms with Gasteiger partial charge < -0.3 is 5.73 Å². The predicted octanol–water partition coefficient (Wildman–Crippen LogP) is 1.39. The Bertz CT molecular complexity index is 266. The summed E-state index contributed by atoms with van der Waals surface area (Å²) in [6.45, 7) is 11.3. The van der Waals surface area contributed by atoms with Crippen LogP contribution in [0.15, 0.2) is 0 Å². The quantitative estimate of drug-likeness (QED) is 0.787. The van der Waals surface area contributed by atoms with Gasteiger partial charge in [0.15, 0.2) is 0 Å². The van der Waals surface area contributed by atoms with Gasteiger partial charge in [0.05, 0.1) is 0 Å². The molecule has 3 unspecified atom stereocenters. The second-order valence-corrected chi connectivity index (χ2v) is 6.60. The van der Waals surface area contributed by atoms with Crippen molar-refractivity contribution in [1.82, 2.24) is 9.80 Å². The largest absolute Gasteiger partial charge is 0.329 e. The van der Waals surface area contributed by atoms with Crippen LogP contribution in [0.3, 0.4) is 0 Å². The zero-order valence-electron chi connectivity index (χ0n) is 11.9. The molecule has 0 aromatic heterocycles. The molecule has 1 saturated carbocycles. The van der Waals surface area contributed by atoms with Gasteiger partial charge in [-0.1, -0.05) is 6.92 Å². The number of hydrogen-bond acceptors (Lipinski definition) is 3. The topological polar surface area (TPSA) is 32.5 Å². The minimum Gasteiger partial charge on any atom is -0.329 e. The van der Waals surface area contributed by atoms with Crippen LogP contribution in [0.4, 0.5) is 0 Å². The van der Waals surface area contributed by atoms with Crippen LogP contribution in [-0.2, 0) is 0 Å². The summed E-state index contributed by atoms with van der Waals surface area (Å²) >= 11 is 0. The minimum absolute atomic E-state index is 0.243. The number of likely N-dealkylation sites (N-methyl/N-ethyl adjacent to an activating group) is 1. The van der Waals surface area contributed by atoms with Gasteiger partial charge in [-0.05, 0) is 45.6 Å². The number of rotatable bonds is 5. The zero-order chi connectivity index (χ0) is 12.6. The van der Waals surface area contributed by atoms with Crippen molar-refractivity contribution in [3.05, 3.63) is 0 Å². The van der Waals surface area contributed by atoms with Crippen LogP contribution in [0.2, 0.25) is 0 Å². The van der Waals surface area contributed by atoms with Gasteiger partial charge in [0.2, 0.25) is 0 Å². The Morgan fingerprint density at radius 3 is 2.53 bits per heavy atom. The van der Waals surface area contributed by atoms with E-state index in [0.717, 1.165) is 24.9 Å². The highest BCUT2D eigenvalue weighted by Gasteiger charge is 2.43. The fourth-order valence-electron chi connectivity index (χ4n) is 3.16. The van der Waals surface area contributed by atoms with Gasteiger partial charge in [0.25, 0.3) is 0 Å². The molecule has 17 heavy (non-hydrogen) atoms. The summed E-state index contributed by atoms with van der Waals surface area (Å²) < 4.78 is 0. The molecule has 3 nitrogen and oxygen atoms in total. The summed E-state index contributed by atoms with van der Waals surface area (Å²) in [6.07, 6.45) is 2.65. The molecular formula is C14H29N3. The molecule has 2 aliphatic rings. The molecule has 0 aromatic rings. The molecule has 0 bridgehead atoms. The van der Waals surface area contributed by atoms with Gasteiger partial charge in [-0.2, -0.15) is 0 Å². The molecule has 2 rings (SSSR count). The first-order valence-electron chi connectivity index (χ1n) is 7.14. The molecule has 1 aliphatic heterocycles. The summed E-state index contributed by atoms with van der Waals surface area (Å²) in [6, 6.07) is 0.650. The van der Waals surface area contributed by atoms with Crippen molar-refractivity contribution in [2.75, 3.05) is 33.2 Å². The Kier molecular flexibility index (Phi) is 3.81. The van der Waals surface area contributed by atoms with E-state index < -0.39 is 0 Å². The van der Waals surface area contributed by atoms with Crippen molar-refractivity contribution in [2.45, 2.75) is 45.2 Å². The first-order valence-corrected chi connectivity index (χ1v) is 7.14. The predicted molar refractivity (Wildman–Crippen MR) is 73.0 cm³/mol. The molecule has 3 atom stereocenters. The Morgan fingerprint density at radius 1 is 1.47 bits per heavy atom. The van der Waals surface area contributed by atoms with Gasteiger partial charge in [0.1, 0.15) is 0 Å². The normalized spacial score (nSPS) is 38.3. The third kappa shape index (κ3) is 2.67. The van der Waals surface area contributed by atoms with Crippen LogP contribution in [0, 0.1) is 11.8 Å². The van der Waals surface area contributed by atoms with E-state index in [0.29, 0.717) is 6.04 Å². The summed E-state index contributed by atoms with van der Waals surface area (Å²) in [4.78, 5) is 5.13. The molecule has 0 amide bonds. The molecule has 100 valence electrons. The van der Waals surface area contributed by atoms with Crippen molar-refractivity contribution in [1.29, 1.82) is 0 Å². The van der Waals surface area contributed by atoms with E-state index in [9.17, 15) is 0 Å². The number of nitrogens with two attached hydrogens (primary N) is 1. The summed E-state index contributed by atoms with van der Waals surface area (Å²) in [5, 5.41) is 0. The number of nitrogens with zero attached hydrogens (tertiary/aromatic N) is 2. The summed E-state index contributed by atoms with van der Waals surface area (Å²) in [5.41, 5.74) is 6.34. The van der Waals surface area contributed by atoms with Crippen LogP contribution in [0.1, 0.15) is 33.6 Å². The van der Waals surface area contributed by atoms with Crippen molar-refractivity contribution in [3.8, 4) is 0 Å². The highest BCUT2D eigenvalue weighted by molar-refractivity contribution is 5.01. The monoisotopic (exact) mass is 239 g/mol. The Hall–Kier alpha value is -0.120. The van der Waals surface area contributed by atoms with Crippen LogP contribution in [0.5, 0.6) is 0 Å². The van der Waals surface area contributed by atoms with Crippen LogP contribution >= 0.6 is 0 Å². The van der Waals surface area contributed by atoms with E-state index in [1.165, 1.54) is 25.9 Å². The second-order valence-electron chi connectivity index (χ2n) is 6.60. The van der Waals surface area contributed by atoms with Crippen molar-refractivity contribution >= 4 is 0 Å². The van der Waals surface area contributed by atoms with E-state index in [1.807, 2.05) is 0 Å². The van der Waals surface area contributed by atoms with Gasteiger partial charge in [-0.3, -0.25) is 9.80 Å². The third-order valence-corrected chi connectivity index (χ3v) is 5.07. The average molecular weight is 239 g/mol. The molecule has 1 aliphatic carbocycles. The van der Waals surface area contributed by atoms with Crippen molar-refractivity contribution in [2.24, 2.45) is 17.6 Å². The van der Waals surface area contributed by atoms with Gasteiger partial charge in [-0.25, -0.2) is 0 Å². The first-order chi connectivity index (χ1) is 7.98. The van der Waals surface area contributed by atoms with Gasteiger partial charge >= 0.3 is 0 Å². The fourth-order valence-corrected chi connectivity index (χ4v) is 3.16. The van der Waals surface area contributed by atoms with Gasteiger partial charge in [0, 0.05) is 37.8 Å². The summed E-state index contributed by atoms with van der Waals surface area (Å²) in [5.74, 6) is 1.87. The first kappa shape index (κ1) is 13.3. The lowest BCUT2D eigenvalue weighted by molar-refractivity contribution is 0.116. The van der Waals surface area contributed by atoms with E-state index in [2.05, 4.69) is 37.6 Å². The standard InChI is InChI=1S/C14H29N3/c1-11(2)17-6-5-14(9-15,10-17)16(4)8-13-7-12(13)3/h11-13H,5-10,15H2,1-4H3. The van der Waals surface area contributed by atoms with Crippen LogP contribution in [-0.4, -0.2) is 54.6 Å². The molecule has 0 radical (unpaired) electrons.